The highest BCUT2D eigenvalue weighted by atomic mass is 14.7. The first-order valence-corrected chi connectivity index (χ1v) is 5.67. The fourth-order valence-corrected chi connectivity index (χ4v) is 3.93. The molecule has 3 aliphatic carbocycles. The van der Waals surface area contributed by atoms with Crippen LogP contribution in [0.1, 0.15) is 40.0 Å². The monoisotopic (exact) mass is 164 g/mol. The lowest BCUT2D eigenvalue weighted by Crippen LogP contribution is -2.30. The van der Waals surface area contributed by atoms with Crippen molar-refractivity contribution in [3.05, 3.63) is 0 Å². The zero-order chi connectivity index (χ0) is 8.51. The molecule has 3 rings (SSSR count). The molecule has 0 N–H and O–H groups in total. The first-order chi connectivity index (χ1) is 5.67. The summed E-state index contributed by atoms with van der Waals surface area (Å²) in [6.07, 6.45) is 4.54. The minimum Gasteiger partial charge on any atom is -0.0649 e. The summed E-state index contributed by atoms with van der Waals surface area (Å²) >= 11 is 0. The molecule has 0 aliphatic heterocycles. The van der Waals surface area contributed by atoms with Crippen LogP contribution in [-0.4, -0.2) is 0 Å². The Morgan fingerprint density at radius 3 is 2.50 bits per heavy atom. The lowest BCUT2D eigenvalue weighted by atomic mass is 9.70. The summed E-state index contributed by atoms with van der Waals surface area (Å²) < 4.78 is 0. The summed E-state index contributed by atoms with van der Waals surface area (Å²) in [5.74, 6) is 5.74. The van der Waals surface area contributed by atoms with Gasteiger partial charge in [-0.15, -0.1) is 0 Å². The van der Waals surface area contributed by atoms with Crippen LogP contribution < -0.4 is 0 Å². The molecular formula is C12H20. The van der Waals surface area contributed by atoms with E-state index in [0.29, 0.717) is 0 Å². The molecule has 6 atom stereocenters. The molecule has 3 aliphatic rings. The van der Waals surface area contributed by atoms with Crippen molar-refractivity contribution in [3.8, 4) is 0 Å². The first kappa shape index (κ1) is 7.41. The van der Waals surface area contributed by atoms with Crippen LogP contribution in [0, 0.1) is 35.0 Å². The molecule has 0 bridgehead atoms. The van der Waals surface area contributed by atoms with Gasteiger partial charge >= 0.3 is 0 Å². The second-order valence-electron chi connectivity index (χ2n) is 5.82. The Morgan fingerprint density at radius 1 is 1.33 bits per heavy atom. The molecule has 0 amide bonds. The van der Waals surface area contributed by atoms with Gasteiger partial charge in [0, 0.05) is 0 Å². The van der Waals surface area contributed by atoms with Gasteiger partial charge in [0.15, 0.2) is 0 Å². The summed E-state index contributed by atoms with van der Waals surface area (Å²) in [5.41, 5.74) is 0.770. The summed E-state index contributed by atoms with van der Waals surface area (Å²) in [7, 11) is 0. The maximum absolute atomic E-state index is 2.50. The van der Waals surface area contributed by atoms with Crippen LogP contribution in [-0.2, 0) is 0 Å². The summed E-state index contributed by atoms with van der Waals surface area (Å²) in [6, 6.07) is 0. The predicted molar refractivity (Wildman–Crippen MR) is 50.8 cm³/mol. The Labute approximate surface area is 75.7 Å². The lowest BCUT2D eigenvalue weighted by Gasteiger charge is -2.35. The van der Waals surface area contributed by atoms with Gasteiger partial charge in [-0.3, -0.25) is 0 Å². The number of hydrogen-bond acceptors (Lipinski definition) is 0. The second-order valence-corrected chi connectivity index (χ2v) is 5.82. The fraction of sp³-hybridized carbons (Fsp3) is 1.00. The molecule has 0 aromatic rings. The fourth-order valence-electron chi connectivity index (χ4n) is 3.93. The van der Waals surface area contributed by atoms with Crippen LogP contribution in [0.25, 0.3) is 0 Å². The van der Waals surface area contributed by atoms with E-state index in [-0.39, 0.29) is 0 Å². The molecule has 0 aromatic heterocycles. The van der Waals surface area contributed by atoms with Crippen molar-refractivity contribution >= 4 is 0 Å². The van der Waals surface area contributed by atoms with Crippen molar-refractivity contribution in [1.82, 2.24) is 0 Å². The molecule has 3 fully saturated rings. The van der Waals surface area contributed by atoms with E-state index in [1.54, 1.807) is 12.8 Å². The molecule has 0 aromatic carbocycles. The molecule has 6 unspecified atom stereocenters. The van der Waals surface area contributed by atoms with Crippen LogP contribution in [0.15, 0.2) is 0 Å². The maximum Gasteiger partial charge on any atom is -0.0294 e. The van der Waals surface area contributed by atoms with Gasteiger partial charge in [0.25, 0.3) is 0 Å². The minimum atomic E-state index is 0.770. The molecular weight excluding hydrogens is 144 g/mol. The van der Waals surface area contributed by atoms with Gasteiger partial charge in [0.05, 0.1) is 0 Å². The van der Waals surface area contributed by atoms with Crippen LogP contribution in [0.3, 0.4) is 0 Å². The van der Waals surface area contributed by atoms with Gasteiger partial charge < -0.3 is 0 Å². The van der Waals surface area contributed by atoms with E-state index in [1.807, 2.05) is 0 Å². The Balaban J connectivity index is 1.69. The zero-order valence-corrected chi connectivity index (χ0v) is 8.51. The minimum absolute atomic E-state index is 0.770. The summed E-state index contributed by atoms with van der Waals surface area (Å²) in [6.45, 7) is 7.36. The van der Waals surface area contributed by atoms with Crippen molar-refractivity contribution in [2.75, 3.05) is 0 Å². The average molecular weight is 164 g/mol. The van der Waals surface area contributed by atoms with Gasteiger partial charge in [-0.2, -0.15) is 0 Å². The largest absolute Gasteiger partial charge is 0.0649 e. The standard InChI is InChI=1S/C12H20/c1-4-12(3)6-10(12)11-7(2)8-5-9(8)11/h7-11H,4-6H2,1-3H3. The number of fused-ring (bicyclic) bond motifs is 1. The third kappa shape index (κ3) is 0.701. The summed E-state index contributed by atoms with van der Waals surface area (Å²) in [4.78, 5) is 0. The van der Waals surface area contributed by atoms with E-state index >= 15 is 0 Å². The molecule has 0 saturated heterocycles. The van der Waals surface area contributed by atoms with Crippen LogP contribution in [0.4, 0.5) is 0 Å². The van der Waals surface area contributed by atoms with Crippen molar-refractivity contribution in [1.29, 1.82) is 0 Å². The predicted octanol–water partition coefficient (Wildman–Crippen LogP) is 3.32. The molecule has 0 heteroatoms. The first-order valence-electron chi connectivity index (χ1n) is 5.67. The van der Waals surface area contributed by atoms with E-state index in [9.17, 15) is 0 Å². The zero-order valence-electron chi connectivity index (χ0n) is 8.51. The third-order valence-electron chi connectivity index (χ3n) is 5.36. The van der Waals surface area contributed by atoms with Crippen LogP contribution >= 0.6 is 0 Å². The highest BCUT2D eigenvalue weighted by molar-refractivity contribution is 5.16. The molecule has 68 valence electrons. The topological polar surface area (TPSA) is 0 Å². The van der Waals surface area contributed by atoms with E-state index in [0.717, 1.165) is 23.2 Å². The Bertz CT molecular complexity index is 220. The Hall–Kier alpha value is 0. The highest BCUT2D eigenvalue weighted by Crippen LogP contribution is 2.74. The Morgan fingerprint density at radius 2 is 2.08 bits per heavy atom. The average Bonchev–Trinajstić information content (AvgIpc) is 2.91. The summed E-state index contributed by atoms with van der Waals surface area (Å²) in [5, 5.41) is 0. The SMILES string of the molecule is CCC1(C)CC1C1C(C)C2CC21. The van der Waals surface area contributed by atoms with E-state index in [2.05, 4.69) is 20.8 Å². The maximum atomic E-state index is 2.50. The van der Waals surface area contributed by atoms with Gasteiger partial charge in [-0.1, -0.05) is 27.2 Å². The second kappa shape index (κ2) is 1.91. The van der Waals surface area contributed by atoms with Gasteiger partial charge in [-0.25, -0.2) is 0 Å². The van der Waals surface area contributed by atoms with E-state index < -0.39 is 0 Å². The van der Waals surface area contributed by atoms with Crippen molar-refractivity contribution in [2.45, 2.75) is 40.0 Å². The smallest absolute Gasteiger partial charge is 0.0294 e. The Kier molecular flexibility index (Phi) is 1.18. The van der Waals surface area contributed by atoms with Crippen molar-refractivity contribution < 1.29 is 0 Å². The molecule has 0 heterocycles. The van der Waals surface area contributed by atoms with Gasteiger partial charge in [0.1, 0.15) is 0 Å². The molecule has 3 saturated carbocycles. The number of hydrogen-bond donors (Lipinski definition) is 0. The van der Waals surface area contributed by atoms with Crippen LogP contribution in [0.5, 0.6) is 0 Å². The molecule has 0 radical (unpaired) electrons. The molecule has 0 nitrogen and oxygen atoms in total. The van der Waals surface area contributed by atoms with E-state index in [4.69, 9.17) is 0 Å². The van der Waals surface area contributed by atoms with Crippen molar-refractivity contribution in [3.63, 3.8) is 0 Å². The van der Waals surface area contributed by atoms with Crippen molar-refractivity contribution in [2.24, 2.45) is 35.0 Å². The van der Waals surface area contributed by atoms with E-state index in [1.165, 1.54) is 18.3 Å². The lowest BCUT2D eigenvalue weighted by molar-refractivity contribution is 0.127. The van der Waals surface area contributed by atoms with Crippen LogP contribution in [0.2, 0.25) is 0 Å². The quantitative estimate of drug-likeness (QED) is 0.587. The normalized spacial score (nSPS) is 66.8. The third-order valence-corrected chi connectivity index (χ3v) is 5.36. The molecule has 12 heavy (non-hydrogen) atoms. The van der Waals surface area contributed by atoms with Gasteiger partial charge in [-0.05, 0) is 47.8 Å². The van der Waals surface area contributed by atoms with Gasteiger partial charge in [0.2, 0.25) is 0 Å². The number of rotatable bonds is 2. The molecule has 0 spiro atoms. The highest BCUT2D eigenvalue weighted by Gasteiger charge is 2.67.